The van der Waals surface area contributed by atoms with Crippen molar-refractivity contribution < 1.29 is 23.9 Å². The lowest BCUT2D eigenvalue weighted by Crippen LogP contribution is -2.53. The molecule has 10 heteroatoms. The predicted molar refractivity (Wildman–Crippen MR) is 134 cm³/mol. The second-order valence-corrected chi connectivity index (χ2v) is 11.3. The molecule has 2 unspecified atom stereocenters. The van der Waals surface area contributed by atoms with Crippen molar-refractivity contribution in [2.45, 2.75) is 51.5 Å². The highest BCUT2D eigenvalue weighted by Gasteiger charge is 2.45. The second kappa shape index (κ2) is 11.1. The van der Waals surface area contributed by atoms with Gasteiger partial charge >= 0.3 is 12.2 Å². The second-order valence-electron chi connectivity index (χ2n) is 10.2. The molecule has 3 aliphatic heterocycles. The van der Waals surface area contributed by atoms with E-state index in [1.165, 1.54) is 0 Å². The first kappa shape index (κ1) is 25.6. The molecule has 0 bridgehead atoms. The molecule has 0 radical (unpaired) electrons. The molecule has 1 aromatic carbocycles. The molecule has 0 N–H and O–H groups in total. The highest BCUT2D eigenvalue weighted by molar-refractivity contribution is 7.99. The molecule has 35 heavy (non-hydrogen) atoms. The van der Waals surface area contributed by atoms with Gasteiger partial charge < -0.3 is 19.3 Å². The number of hydrogen-bond acceptors (Lipinski definition) is 7. The van der Waals surface area contributed by atoms with Crippen LogP contribution in [0.1, 0.15) is 32.8 Å². The van der Waals surface area contributed by atoms with Gasteiger partial charge in [0.15, 0.2) is 0 Å². The number of thioether (sulfide) groups is 1. The van der Waals surface area contributed by atoms with Crippen LogP contribution in [0.5, 0.6) is 0 Å². The number of likely N-dealkylation sites (tertiary alicyclic amines) is 1. The van der Waals surface area contributed by atoms with Gasteiger partial charge in [0.2, 0.25) is 5.91 Å². The van der Waals surface area contributed by atoms with Crippen LogP contribution < -0.4 is 0 Å². The Balaban J connectivity index is 1.38. The van der Waals surface area contributed by atoms with Crippen molar-refractivity contribution in [1.82, 2.24) is 19.6 Å². The number of rotatable bonds is 4. The first-order valence-electron chi connectivity index (χ1n) is 12.3. The number of carbonyl (C=O) groups is 3. The van der Waals surface area contributed by atoms with Gasteiger partial charge in [0.05, 0.1) is 5.88 Å². The minimum Gasteiger partial charge on any atom is -0.445 e. The van der Waals surface area contributed by atoms with Crippen molar-refractivity contribution >= 4 is 29.9 Å². The first-order valence-corrected chi connectivity index (χ1v) is 13.4. The highest BCUT2D eigenvalue weighted by atomic mass is 32.2. The van der Waals surface area contributed by atoms with E-state index in [4.69, 9.17) is 9.47 Å². The summed E-state index contributed by atoms with van der Waals surface area (Å²) in [5.74, 6) is 1.59. The van der Waals surface area contributed by atoms with E-state index in [9.17, 15) is 14.4 Å². The maximum Gasteiger partial charge on any atom is 0.410 e. The van der Waals surface area contributed by atoms with Crippen molar-refractivity contribution in [2.24, 2.45) is 0 Å². The van der Waals surface area contributed by atoms with Gasteiger partial charge in [-0.15, -0.1) is 11.8 Å². The molecule has 0 spiro atoms. The van der Waals surface area contributed by atoms with E-state index < -0.39 is 17.7 Å². The average molecular weight is 505 g/mol. The van der Waals surface area contributed by atoms with Crippen LogP contribution in [0.3, 0.4) is 0 Å². The maximum atomic E-state index is 13.3. The summed E-state index contributed by atoms with van der Waals surface area (Å²) in [5.41, 5.74) is 0.385. The molecule has 4 rings (SSSR count). The van der Waals surface area contributed by atoms with Crippen LogP contribution in [0.2, 0.25) is 0 Å². The fraction of sp³-hybridized carbons (Fsp3) is 0.640. The molecule has 3 amide bonds. The van der Waals surface area contributed by atoms with Gasteiger partial charge in [0.25, 0.3) is 0 Å². The van der Waals surface area contributed by atoms with Crippen LogP contribution in [0.25, 0.3) is 0 Å². The number of carbonyl (C=O) groups excluding carboxylic acids is 3. The SMILES string of the molecule is CC(C)(C)OC(=O)N1CCN(C2CC(C(=O)N3CCSC3)N(C(=O)OCc3ccccc3)C2)CC1. The monoisotopic (exact) mass is 504 g/mol. The number of piperazine rings is 1. The van der Waals surface area contributed by atoms with Crippen molar-refractivity contribution in [3.8, 4) is 0 Å². The van der Waals surface area contributed by atoms with E-state index in [1.54, 1.807) is 21.6 Å². The molecule has 1 aromatic rings. The summed E-state index contributed by atoms with van der Waals surface area (Å²) in [7, 11) is 0. The summed E-state index contributed by atoms with van der Waals surface area (Å²) in [4.78, 5) is 46.3. The number of amides is 3. The summed E-state index contributed by atoms with van der Waals surface area (Å²) < 4.78 is 11.1. The number of benzene rings is 1. The van der Waals surface area contributed by atoms with Gasteiger partial charge in [-0.3, -0.25) is 14.6 Å². The quantitative estimate of drug-likeness (QED) is 0.624. The Morgan fingerprint density at radius 1 is 0.971 bits per heavy atom. The van der Waals surface area contributed by atoms with Crippen LogP contribution in [0.15, 0.2) is 30.3 Å². The molecule has 0 aliphatic carbocycles. The minimum atomic E-state index is -0.526. The molecular weight excluding hydrogens is 468 g/mol. The molecule has 0 aromatic heterocycles. The highest BCUT2D eigenvalue weighted by Crippen LogP contribution is 2.28. The van der Waals surface area contributed by atoms with Crippen LogP contribution in [0.4, 0.5) is 9.59 Å². The van der Waals surface area contributed by atoms with Crippen molar-refractivity contribution in [2.75, 3.05) is 50.9 Å². The van der Waals surface area contributed by atoms with Crippen LogP contribution in [-0.2, 0) is 20.9 Å². The normalized spacial score (nSPS) is 23.5. The summed E-state index contributed by atoms with van der Waals surface area (Å²) in [6.07, 6.45) is -0.171. The molecule has 0 saturated carbocycles. The first-order chi connectivity index (χ1) is 16.7. The third-order valence-corrected chi connectivity index (χ3v) is 7.52. The van der Waals surface area contributed by atoms with Crippen molar-refractivity contribution in [3.63, 3.8) is 0 Å². The van der Waals surface area contributed by atoms with E-state index in [0.717, 1.165) is 11.3 Å². The zero-order valence-corrected chi connectivity index (χ0v) is 21.7. The summed E-state index contributed by atoms with van der Waals surface area (Å²) in [5, 5.41) is 0. The Labute approximate surface area is 211 Å². The minimum absolute atomic E-state index is 0.00144. The topological polar surface area (TPSA) is 82.6 Å². The Morgan fingerprint density at radius 3 is 2.31 bits per heavy atom. The predicted octanol–water partition coefficient (Wildman–Crippen LogP) is 2.85. The zero-order chi connectivity index (χ0) is 25.0. The molecule has 192 valence electrons. The number of ether oxygens (including phenoxy) is 2. The van der Waals surface area contributed by atoms with Gasteiger partial charge in [0.1, 0.15) is 18.2 Å². The van der Waals surface area contributed by atoms with Gasteiger partial charge in [-0.05, 0) is 32.8 Å². The smallest absolute Gasteiger partial charge is 0.410 e. The molecule has 3 fully saturated rings. The largest absolute Gasteiger partial charge is 0.445 e. The van der Waals surface area contributed by atoms with Crippen LogP contribution in [-0.4, -0.2) is 106 Å². The standard InChI is InChI=1S/C25H36N4O5S/c1-25(2,3)34-23(31)27-11-9-26(10-12-27)20-15-21(22(30)28-13-14-35-18-28)29(16-20)24(32)33-17-19-7-5-4-6-8-19/h4-8,20-21H,9-18H2,1-3H3. The van der Waals surface area contributed by atoms with E-state index >= 15 is 0 Å². The van der Waals surface area contributed by atoms with Gasteiger partial charge in [-0.1, -0.05) is 30.3 Å². The van der Waals surface area contributed by atoms with Crippen LogP contribution >= 0.6 is 11.8 Å². The summed E-state index contributed by atoms with van der Waals surface area (Å²) >= 11 is 1.73. The number of nitrogens with zero attached hydrogens (tertiary/aromatic N) is 4. The molecule has 2 atom stereocenters. The summed E-state index contributed by atoms with van der Waals surface area (Å²) in [6.45, 7) is 9.40. The molecule has 9 nitrogen and oxygen atoms in total. The molecule has 3 aliphatic rings. The number of hydrogen-bond donors (Lipinski definition) is 0. The summed E-state index contributed by atoms with van der Waals surface area (Å²) in [6, 6.07) is 9.08. The van der Waals surface area contributed by atoms with Crippen molar-refractivity contribution in [3.05, 3.63) is 35.9 Å². The fourth-order valence-corrected chi connectivity index (χ4v) is 5.67. The van der Waals surface area contributed by atoms with Gasteiger partial charge in [-0.25, -0.2) is 9.59 Å². The average Bonchev–Trinajstić information content (AvgIpc) is 3.53. The fourth-order valence-electron chi connectivity index (χ4n) is 4.71. The van der Waals surface area contributed by atoms with Gasteiger partial charge in [-0.2, -0.15) is 0 Å². The molecule has 3 saturated heterocycles. The zero-order valence-electron chi connectivity index (χ0n) is 20.9. The lowest BCUT2D eigenvalue weighted by molar-refractivity contribution is -0.134. The van der Waals surface area contributed by atoms with E-state index in [0.29, 0.717) is 51.6 Å². The third-order valence-electron chi connectivity index (χ3n) is 6.55. The lowest BCUT2D eigenvalue weighted by Gasteiger charge is -2.38. The Bertz CT molecular complexity index is 895. The van der Waals surface area contributed by atoms with Gasteiger partial charge in [0, 0.05) is 51.1 Å². The van der Waals surface area contributed by atoms with E-state index in [1.807, 2.05) is 56.0 Å². The van der Waals surface area contributed by atoms with E-state index in [2.05, 4.69) is 4.90 Å². The van der Waals surface area contributed by atoms with Crippen LogP contribution in [0, 0.1) is 0 Å². The molecular formula is C25H36N4O5S. The maximum absolute atomic E-state index is 13.3. The lowest BCUT2D eigenvalue weighted by atomic mass is 10.1. The Kier molecular flexibility index (Phi) is 8.11. The Morgan fingerprint density at radius 2 is 1.69 bits per heavy atom. The third kappa shape index (κ3) is 6.61. The van der Waals surface area contributed by atoms with E-state index in [-0.39, 0.29) is 24.6 Å². The van der Waals surface area contributed by atoms with Crippen molar-refractivity contribution in [1.29, 1.82) is 0 Å². The Hall–Kier alpha value is -2.46. The molecule has 3 heterocycles.